The first-order valence-electron chi connectivity index (χ1n) is 14.8. The van der Waals surface area contributed by atoms with Crippen molar-refractivity contribution in [1.82, 2.24) is 15.2 Å². The van der Waals surface area contributed by atoms with Crippen LogP contribution in [-0.2, 0) is 9.53 Å². The molecule has 4 saturated carbocycles. The van der Waals surface area contributed by atoms with Crippen LogP contribution in [0.15, 0.2) is 59.1 Å². The molecule has 1 amide bonds. The van der Waals surface area contributed by atoms with Crippen molar-refractivity contribution in [3.05, 3.63) is 70.2 Å². The van der Waals surface area contributed by atoms with E-state index in [4.69, 9.17) is 14.5 Å². The third-order valence-corrected chi connectivity index (χ3v) is 10.3. The number of halogens is 1. The van der Waals surface area contributed by atoms with Crippen LogP contribution in [0.1, 0.15) is 62.1 Å². The van der Waals surface area contributed by atoms with E-state index in [1.54, 1.807) is 7.11 Å². The predicted octanol–water partition coefficient (Wildman–Crippen LogP) is 6.27. The van der Waals surface area contributed by atoms with Crippen LogP contribution in [0.4, 0.5) is 0 Å². The summed E-state index contributed by atoms with van der Waals surface area (Å²) in [6.45, 7) is 2.06. The number of morpholine rings is 1. The Kier molecular flexibility index (Phi) is 7.09. The lowest BCUT2D eigenvalue weighted by Gasteiger charge is -2.62. The van der Waals surface area contributed by atoms with Crippen LogP contribution in [0, 0.1) is 17.8 Å². The minimum absolute atomic E-state index is 0.0293. The average Bonchev–Trinajstić information content (AvgIpc) is 2.95. The van der Waals surface area contributed by atoms with Gasteiger partial charge in [-0.3, -0.25) is 4.79 Å². The zero-order valence-electron chi connectivity index (χ0n) is 23.2. The van der Waals surface area contributed by atoms with Crippen LogP contribution < -0.4 is 10.1 Å². The van der Waals surface area contributed by atoms with E-state index in [1.165, 1.54) is 19.3 Å². The van der Waals surface area contributed by atoms with Crippen LogP contribution in [0.2, 0.25) is 0 Å². The lowest BCUT2D eigenvalue weighted by atomic mass is 9.52. The highest BCUT2D eigenvalue weighted by molar-refractivity contribution is 9.10. The van der Waals surface area contributed by atoms with Crippen LogP contribution in [-0.4, -0.2) is 54.2 Å². The standard InChI is InChI=1S/C33H38BrN3O3/c1-39-32-28(15-25-14-26(34)7-8-29(25)36-32)31(24-5-3-2-4-6-24)37(30(38)16-27-20-40-10-9-35-27)33-17-21-11-22(18-33)13-23(12-21)19-33/h2-8,14-15,21-23,27,31,35H,9-13,16-20H2,1H3. The van der Waals surface area contributed by atoms with Gasteiger partial charge in [0.1, 0.15) is 0 Å². The highest BCUT2D eigenvalue weighted by Crippen LogP contribution is 2.60. The molecule has 0 spiro atoms. The van der Waals surface area contributed by atoms with E-state index in [1.807, 2.05) is 18.2 Å². The maximum absolute atomic E-state index is 14.8. The number of methoxy groups -OCH3 is 1. The largest absolute Gasteiger partial charge is 0.481 e. The molecule has 40 heavy (non-hydrogen) atoms. The second kappa shape index (κ2) is 10.7. The molecule has 2 aromatic carbocycles. The van der Waals surface area contributed by atoms with E-state index in [2.05, 4.69) is 62.5 Å². The smallest absolute Gasteiger partial charge is 0.225 e. The number of carbonyl (C=O) groups excluding carboxylic acids is 1. The van der Waals surface area contributed by atoms with Crippen molar-refractivity contribution in [3.63, 3.8) is 0 Å². The topological polar surface area (TPSA) is 63.7 Å². The van der Waals surface area contributed by atoms with Gasteiger partial charge in [-0.05, 0) is 86.1 Å². The summed E-state index contributed by atoms with van der Waals surface area (Å²) >= 11 is 3.65. The summed E-state index contributed by atoms with van der Waals surface area (Å²) in [5.41, 5.74) is 2.79. The van der Waals surface area contributed by atoms with Gasteiger partial charge in [0.25, 0.3) is 0 Å². The molecule has 7 heteroatoms. The van der Waals surface area contributed by atoms with E-state index in [0.29, 0.717) is 43.3 Å². The van der Waals surface area contributed by atoms with Gasteiger partial charge in [0.15, 0.2) is 0 Å². The molecular weight excluding hydrogens is 566 g/mol. The zero-order valence-corrected chi connectivity index (χ0v) is 24.7. The number of ether oxygens (including phenoxy) is 2. The number of aromatic nitrogens is 1. The maximum atomic E-state index is 14.8. The number of nitrogens with zero attached hydrogens (tertiary/aromatic N) is 2. The summed E-state index contributed by atoms with van der Waals surface area (Å²) in [6, 6.07) is 18.6. The number of hydrogen-bond donors (Lipinski definition) is 1. The van der Waals surface area contributed by atoms with Crippen molar-refractivity contribution in [2.45, 2.75) is 62.6 Å². The Morgan fingerprint density at radius 1 is 1.10 bits per heavy atom. The van der Waals surface area contributed by atoms with Gasteiger partial charge in [-0.2, -0.15) is 0 Å². The summed E-state index contributed by atoms with van der Waals surface area (Å²) in [7, 11) is 1.69. The average molecular weight is 605 g/mol. The van der Waals surface area contributed by atoms with E-state index < -0.39 is 0 Å². The molecule has 2 heterocycles. The molecule has 1 saturated heterocycles. The number of nitrogens with one attached hydrogen (secondary N) is 1. The molecule has 1 N–H and O–H groups in total. The van der Waals surface area contributed by atoms with Crippen molar-refractivity contribution in [2.24, 2.45) is 17.8 Å². The third-order valence-electron chi connectivity index (χ3n) is 9.84. The van der Waals surface area contributed by atoms with E-state index >= 15 is 0 Å². The summed E-state index contributed by atoms with van der Waals surface area (Å²) in [4.78, 5) is 22.1. The number of hydrogen-bond acceptors (Lipinski definition) is 5. The number of amides is 1. The van der Waals surface area contributed by atoms with Crippen molar-refractivity contribution < 1.29 is 14.3 Å². The molecule has 210 valence electrons. The second-order valence-electron chi connectivity index (χ2n) is 12.6. The monoisotopic (exact) mass is 603 g/mol. The third kappa shape index (κ3) is 4.84. The minimum atomic E-state index is -0.291. The number of carbonyl (C=O) groups is 1. The Morgan fingerprint density at radius 2 is 1.82 bits per heavy atom. The quantitative estimate of drug-likeness (QED) is 0.345. The number of pyridine rings is 1. The zero-order chi connectivity index (χ0) is 27.3. The van der Waals surface area contributed by atoms with Crippen molar-refractivity contribution in [3.8, 4) is 5.88 Å². The first-order chi connectivity index (χ1) is 19.5. The summed E-state index contributed by atoms with van der Waals surface area (Å²) in [5.74, 6) is 2.92. The molecular formula is C33H38BrN3O3. The van der Waals surface area contributed by atoms with Gasteiger partial charge in [-0.1, -0.05) is 46.3 Å². The first kappa shape index (κ1) is 26.4. The molecule has 5 fully saturated rings. The Labute approximate surface area is 245 Å². The Morgan fingerprint density at radius 3 is 2.48 bits per heavy atom. The van der Waals surface area contributed by atoms with E-state index in [-0.39, 0.29) is 23.5 Å². The highest BCUT2D eigenvalue weighted by Gasteiger charge is 2.56. The van der Waals surface area contributed by atoms with Crippen LogP contribution in [0.5, 0.6) is 5.88 Å². The maximum Gasteiger partial charge on any atom is 0.225 e. The van der Waals surface area contributed by atoms with Crippen molar-refractivity contribution in [1.29, 1.82) is 0 Å². The molecule has 8 rings (SSSR count). The van der Waals surface area contributed by atoms with Gasteiger partial charge >= 0.3 is 0 Å². The molecule has 4 bridgehead atoms. The Balaban J connectivity index is 1.41. The molecule has 5 aliphatic rings. The van der Waals surface area contributed by atoms with Gasteiger partial charge in [-0.25, -0.2) is 4.98 Å². The molecule has 6 nitrogen and oxygen atoms in total. The fourth-order valence-corrected chi connectivity index (χ4v) is 9.09. The molecule has 0 radical (unpaired) electrons. The molecule has 1 aromatic heterocycles. The van der Waals surface area contributed by atoms with Crippen LogP contribution >= 0.6 is 15.9 Å². The van der Waals surface area contributed by atoms with Gasteiger partial charge in [0.2, 0.25) is 11.8 Å². The second-order valence-corrected chi connectivity index (χ2v) is 13.5. The van der Waals surface area contributed by atoms with Crippen molar-refractivity contribution >= 4 is 32.7 Å². The SMILES string of the molecule is COc1nc2ccc(Br)cc2cc1C(c1ccccc1)N(C(=O)CC1COCCN1)C12CC3CC(CC(C3)C1)C2. The van der Waals surface area contributed by atoms with Gasteiger partial charge in [-0.15, -0.1) is 0 Å². The van der Waals surface area contributed by atoms with Gasteiger partial charge in [0.05, 0.1) is 31.9 Å². The molecule has 2 unspecified atom stereocenters. The molecule has 4 aliphatic carbocycles. The van der Waals surface area contributed by atoms with Gasteiger partial charge in [0, 0.05) is 40.0 Å². The van der Waals surface area contributed by atoms with E-state index in [0.717, 1.165) is 52.3 Å². The number of rotatable bonds is 7. The fraction of sp³-hybridized carbons (Fsp3) is 0.515. The first-order valence-corrected chi connectivity index (χ1v) is 15.6. The number of fused-ring (bicyclic) bond motifs is 1. The summed E-state index contributed by atoms with van der Waals surface area (Å²) in [5, 5.41) is 4.57. The lowest BCUT2D eigenvalue weighted by molar-refractivity contribution is -0.156. The normalized spacial score (nSPS) is 29.9. The van der Waals surface area contributed by atoms with Crippen molar-refractivity contribution in [2.75, 3.05) is 26.9 Å². The van der Waals surface area contributed by atoms with Crippen LogP contribution in [0.3, 0.4) is 0 Å². The molecule has 1 aliphatic heterocycles. The molecule has 3 aromatic rings. The number of benzene rings is 2. The summed E-state index contributed by atoms with van der Waals surface area (Å²) in [6.07, 6.45) is 7.69. The minimum Gasteiger partial charge on any atom is -0.481 e. The Bertz CT molecular complexity index is 1360. The fourth-order valence-electron chi connectivity index (χ4n) is 8.71. The predicted molar refractivity (Wildman–Crippen MR) is 159 cm³/mol. The Hall–Kier alpha value is -2.48. The summed E-state index contributed by atoms with van der Waals surface area (Å²) < 4.78 is 12.8. The lowest BCUT2D eigenvalue weighted by Crippen LogP contribution is -2.63. The molecule has 2 atom stereocenters. The van der Waals surface area contributed by atoms with Crippen LogP contribution in [0.25, 0.3) is 10.9 Å². The highest BCUT2D eigenvalue weighted by atomic mass is 79.9. The van der Waals surface area contributed by atoms with E-state index in [9.17, 15) is 4.79 Å². The van der Waals surface area contributed by atoms with Gasteiger partial charge < -0.3 is 19.7 Å².